The molecule has 1 aromatic carbocycles. The highest BCUT2D eigenvalue weighted by molar-refractivity contribution is 6.06. The average molecular weight is 408 g/mol. The standard InChI is InChI=1S/C26H33NO3/c1-2-3-4-5-6-17-30-19-15-13-18(14-16-19)24-25-20(9-7-11-22(25)28)27-21-10-8-12-23(29)26(21)24/h13-16,24,27H,2-12,17H2,1H3. The fraction of sp³-hybridized carbons (Fsp3) is 0.538. The van der Waals surface area contributed by atoms with Crippen molar-refractivity contribution in [3.63, 3.8) is 0 Å². The Bertz CT molecular complexity index is 821. The third-order valence-electron chi connectivity index (χ3n) is 6.52. The Hall–Kier alpha value is -2.36. The van der Waals surface area contributed by atoms with Crippen LogP contribution in [-0.4, -0.2) is 18.2 Å². The molecule has 0 saturated carbocycles. The molecule has 4 heteroatoms. The molecule has 0 aromatic heterocycles. The van der Waals surface area contributed by atoms with Crippen LogP contribution in [0.4, 0.5) is 0 Å². The lowest BCUT2D eigenvalue weighted by Crippen LogP contribution is -2.36. The number of nitrogens with one attached hydrogen (secondary N) is 1. The van der Waals surface area contributed by atoms with Gasteiger partial charge in [-0.25, -0.2) is 0 Å². The number of Topliss-reactive ketones (excluding diaryl/α,β-unsaturated/α-hetero) is 2. The molecular formula is C26H33NO3. The number of unbranched alkanes of at least 4 members (excludes halogenated alkanes) is 4. The van der Waals surface area contributed by atoms with Crippen LogP contribution in [-0.2, 0) is 9.59 Å². The van der Waals surface area contributed by atoms with Crippen LogP contribution in [0.2, 0.25) is 0 Å². The van der Waals surface area contributed by atoms with Gasteiger partial charge in [-0.2, -0.15) is 0 Å². The van der Waals surface area contributed by atoms with Gasteiger partial charge in [-0.05, 0) is 49.8 Å². The molecule has 0 atom stereocenters. The van der Waals surface area contributed by atoms with Gasteiger partial charge in [0.05, 0.1) is 6.61 Å². The predicted molar refractivity (Wildman–Crippen MR) is 118 cm³/mol. The molecule has 1 N–H and O–H groups in total. The topological polar surface area (TPSA) is 55.4 Å². The first kappa shape index (κ1) is 20.9. The number of carbonyl (C=O) groups excluding carboxylic acids is 2. The fourth-order valence-corrected chi connectivity index (χ4v) is 4.97. The van der Waals surface area contributed by atoms with Crippen molar-refractivity contribution >= 4 is 11.6 Å². The maximum Gasteiger partial charge on any atom is 0.161 e. The molecule has 2 aliphatic carbocycles. The van der Waals surface area contributed by atoms with Gasteiger partial charge in [0.15, 0.2) is 11.6 Å². The summed E-state index contributed by atoms with van der Waals surface area (Å²) < 4.78 is 5.91. The van der Waals surface area contributed by atoms with Crippen LogP contribution >= 0.6 is 0 Å². The van der Waals surface area contributed by atoms with Gasteiger partial charge in [-0.1, -0.05) is 44.7 Å². The van der Waals surface area contributed by atoms with Gasteiger partial charge in [0.1, 0.15) is 5.75 Å². The van der Waals surface area contributed by atoms with E-state index in [4.69, 9.17) is 4.74 Å². The van der Waals surface area contributed by atoms with Crippen LogP contribution in [0.3, 0.4) is 0 Å². The van der Waals surface area contributed by atoms with Gasteiger partial charge in [0.25, 0.3) is 0 Å². The molecule has 3 aliphatic rings. The maximum atomic E-state index is 12.9. The van der Waals surface area contributed by atoms with Gasteiger partial charge >= 0.3 is 0 Å². The number of carbonyl (C=O) groups is 2. The molecule has 0 radical (unpaired) electrons. The quantitative estimate of drug-likeness (QED) is 0.559. The van der Waals surface area contributed by atoms with Crippen LogP contribution in [0, 0.1) is 0 Å². The number of ether oxygens (including phenoxy) is 1. The Kier molecular flexibility index (Phi) is 6.71. The third-order valence-corrected chi connectivity index (χ3v) is 6.52. The van der Waals surface area contributed by atoms with Crippen molar-refractivity contribution < 1.29 is 14.3 Å². The molecule has 0 unspecified atom stereocenters. The zero-order chi connectivity index (χ0) is 20.9. The molecule has 1 aromatic rings. The second-order valence-electron chi connectivity index (χ2n) is 8.73. The molecule has 4 nitrogen and oxygen atoms in total. The minimum Gasteiger partial charge on any atom is -0.494 e. The van der Waals surface area contributed by atoms with E-state index in [1.54, 1.807) is 0 Å². The molecule has 160 valence electrons. The molecule has 0 fully saturated rings. The molecule has 0 saturated heterocycles. The number of ketones is 2. The highest BCUT2D eigenvalue weighted by Crippen LogP contribution is 2.45. The van der Waals surface area contributed by atoms with E-state index in [-0.39, 0.29) is 17.5 Å². The summed E-state index contributed by atoms with van der Waals surface area (Å²) in [4.78, 5) is 25.7. The summed E-state index contributed by atoms with van der Waals surface area (Å²) in [5.41, 5.74) is 4.74. The summed E-state index contributed by atoms with van der Waals surface area (Å²) in [6.45, 7) is 2.96. The minimum atomic E-state index is -0.222. The first-order chi connectivity index (χ1) is 14.7. The van der Waals surface area contributed by atoms with E-state index < -0.39 is 0 Å². The van der Waals surface area contributed by atoms with Crippen molar-refractivity contribution in [3.05, 3.63) is 52.4 Å². The Balaban J connectivity index is 1.53. The van der Waals surface area contributed by atoms with Crippen LogP contribution in [0.5, 0.6) is 5.75 Å². The van der Waals surface area contributed by atoms with Gasteiger partial charge < -0.3 is 10.1 Å². The molecule has 4 rings (SSSR count). The molecule has 0 amide bonds. The highest BCUT2D eigenvalue weighted by atomic mass is 16.5. The molecule has 1 heterocycles. The van der Waals surface area contributed by atoms with Gasteiger partial charge in [-0.15, -0.1) is 0 Å². The lowest BCUT2D eigenvalue weighted by atomic mass is 9.71. The van der Waals surface area contributed by atoms with Crippen molar-refractivity contribution in [3.8, 4) is 5.75 Å². The van der Waals surface area contributed by atoms with Crippen molar-refractivity contribution in [2.75, 3.05) is 6.61 Å². The zero-order valence-electron chi connectivity index (χ0n) is 18.1. The third kappa shape index (κ3) is 4.38. The second-order valence-corrected chi connectivity index (χ2v) is 8.73. The number of hydrogen-bond donors (Lipinski definition) is 1. The van der Waals surface area contributed by atoms with Crippen molar-refractivity contribution in [2.45, 2.75) is 83.5 Å². The van der Waals surface area contributed by atoms with Crippen LogP contribution < -0.4 is 10.1 Å². The summed E-state index contributed by atoms with van der Waals surface area (Å²) >= 11 is 0. The Morgan fingerprint density at radius 3 is 2.03 bits per heavy atom. The molecular weight excluding hydrogens is 374 g/mol. The van der Waals surface area contributed by atoms with E-state index in [0.29, 0.717) is 12.8 Å². The zero-order valence-corrected chi connectivity index (χ0v) is 18.1. The van der Waals surface area contributed by atoms with Gasteiger partial charge in [0, 0.05) is 41.3 Å². The van der Waals surface area contributed by atoms with Crippen molar-refractivity contribution in [1.82, 2.24) is 5.32 Å². The molecule has 0 spiro atoms. The minimum absolute atomic E-state index is 0.186. The lowest BCUT2D eigenvalue weighted by Gasteiger charge is -2.37. The Labute approximate surface area is 179 Å². The number of hydrogen-bond acceptors (Lipinski definition) is 4. The lowest BCUT2D eigenvalue weighted by molar-refractivity contribution is -0.116. The second kappa shape index (κ2) is 9.63. The monoisotopic (exact) mass is 407 g/mol. The maximum absolute atomic E-state index is 12.9. The summed E-state index contributed by atoms with van der Waals surface area (Å²) in [6.07, 6.45) is 10.8. The van der Waals surface area contributed by atoms with Crippen LogP contribution in [0.25, 0.3) is 0 Å². The van der Waals surface area contributed by atoms with E-state index in [2.05, 4.69) is 12.2 Å². The summed E-state index contributed by atoms with van der Waals surface area (Å²) in [5, 5.41) is 3.47. The molecule has 0 bridgehead atoms. The largest absolute Gasteiger partial charge is 0.494 e. The van der Waals surface area contributed by atoms with E-state index in [0.717, 1.165) is 72.6 Å². The normalized spacial score (nSPS) is 19.5. The number of benzene rings is 1. The number of dihydropyridines is 1. The number of rotatable bonds is 8. The van der Waals surface area contributed by atoms with Crippen molar-refractivity contribution in [1.29, 1.82) is 0 Å². The van der Waals surface area contributed by atoms with Crippen LogP contribution in [0.15, 0.2) is 46.8 Å². The first-order valence-electron chi connectivity index (χ1n) is 11.7. The summed E-state index contributed by atoms with van der Waals surface area (Å²) in [5.74, 6) is 1.01. The summed E-state index contributed by atoms with van der Waals surface area (Å²) in [7, 11) is 0. The predicted octanol–water partition coefficient (Wildman–Crippen LogP) is 5.74. The SMILES string of the molecule is CCCCCCCOc1ccc(C2C3=C(CCCC3=O)NC3=C2C(=O)CCC3)cc1. The van der Waals surface area contributed by atoms with E-state index in [1.165, 1.54) is 25.7 Å². The van der Waals surface area contributed by atoms with E-state index in [1.807, 2.05) is 24.3 Å². The smallest absolute Gasteiger partial charge is 0.161 e. The van der Waals surface area contributed by atoms with Crippen molar-refractivity contribution in [2.24, 2.45) is 0 Å². The van der Waals surface area contributed by atoms with E-state index >= 15 is 0 Å². The van der Waals surface area contributed by atoms with Crippen LogP contribution in [0.1, 0.15) is 89.0 Å². The summed E-state index contributed by atoms with van der Waals surface area (Å²) in [6, 6.07) is 8.07. The highest BCUT2D eigenvalue weighted by Gasteiger charge is 2.40. The van der Waals surface area contributed by atoms with E-state index in [9.17, 15) is 9.59 Å². The molecule has 30 heavy (non-hydrogen) atoms. The first-order valence-corrected chi connectivity index (χ1v) is 11.7. The number of allylic oxidation sites excluding steroid dienone is 4. The van der Waals surface area contributed by atoms with Gasteiger partial charge in [-0.3, -0.25) is 9.59 Å². The molecule has 1 aliphatic heterocycles. The average Bonchev–Trinajstić information content (AvgIpc) is 2.76. The fourth-order valence-electron chi connectivity index (χ4n) is 4.97. The Morgan fingerprint density at radius 1 is 0.833 bits per heavy atom. The Morgan fingerprint density at radius 2 is 1.43 bits per heavy atom. The van der Waals surface area contributed by atoms with Gasteiger partial charge in [0.2, 0.25) is 0 Å².